The smallest absolute Gasteiger partial charge is 0.254 e. The largest absolute Gasteiger partial charge is 0.348 e. The topological polar surface area (TPSA) is 41.1 Å². The second-order valence-electron chi connectivity index (χ2n) is 3.76. The molecule has 1 aromatic rings. The van der Waals surface area contributed by atoms with Crippen molar-refractivity contribution in [1.82, 2.24) is 10.6 Å². The van der Waals surface area contributed by atoms with Crippen LogP contribution in [0.2, 0.25) is 0 Å². The Bertz CT molecular complexity index is 403. The zero-order chi connectivity index (χ0) is 11.5. The van der Waals surface area contributed by atoms with Crippen molar-refractivity contribution in [2.75, 3.05) is 13.1 Å². The van der Waals surface area contributed by atoms with Gasteiger partial charge in [0.1, 0.15) is 0 Å². The van der Waals surface area contributed by atoms with Crippen LogP contribution in [0, 0.1) is 11.6 Å². The molecular weight excluding hydrogens is 214 g/mol. The molecule has 1 saturated heterocycles. The summed E-state index contributed by atoms with van der Waals surface area (Å²) in [5.74, 6) is -2.66. The van der Waals surface area contributed by atoms with Crippen molar-refractivity contribution in [2.45, 2.75) is 12.5 Å². The van der Waals surface area contributed by atoms with Gasteiger partial charge in [-0.3, -0.25) is 4.79 Å². The van der Waals surface area contributed by atoms with Crippen LogP contribution >= 0.6 is 0 Å². The highest BCUT2D eigenvalue weighted by atomic mass is 19.2. The quantitative estimate of drug-likeness (QED) is 0.791. The summed E-state index contributed by atoms with van der Waals surface area (Å²) in [6.07, 6.45) is 0.808. The Hall–Kier alpha value is -1.49. The van der Waals surface area contributed by atoms with Gasteiger partial charge in [-0.2, -0.15) is 0 Å². The molecule has 0 saturated carbocycles. The average molecular weight is 226 g/mol. The predicted octanol–water partition coefficient (Wildman–Crippen LogP) is 1.06. The van der Waals surface area contributed by atoms with Crippen molar-refractivity contribution in [3.63, 3.8) is 0 Å². The zero-order valence-electron chi connectivity index (χ0n) is 8.59. The molecule has 5 heteroatoms. The van der Waals surface area contributed by atoms with Gasteiger partial charge in [0.25, 0.3) is 5.91 Å². The van der Waals surface area contributed by atoms with Crippen molar-refractivity contribution in [3.8, 4) is 0 Å². The van der Waals surface area contributed by atoms with Gasteiger partial charge in [-0.05, 0) is 25.1 Å². The summed E-state index contributed by atoms with van der Waals surface area (Å²) in [6.45, 7) is 1.50. The summed E-state index contributed by atoms with van der Waals surface area (Å²) in [5, 5.41) is 5.73. The predicted molar refractivity (Wildman–Crippen MR) is 55.1 cm³/mol. The minimum atomic E-state index is -1.09. The van der Waals surface area contributed by atoms with Crippen LogP contribution < -0.4 is 10.6 Å². The van der Waals surface area contributed by atoms with Crippen molar-refractivity contribution >= 4 is 5.91 Å². The van der Waals surface area contributed by atoms with Crippen LogP contribution in [0.5, 0.6) is 0 Å². The van der Waals surface area contributed by atoms with E-state index in [-0.39, 0.29) is 11.6 Å². The Morgan fingerprint density at radius 2 is 2.25 bits per heavy atom. The molecule has 0 aliphatic carbocycles. The van der Waals surface area contributed by atoms with Crippen LogP contribution in [-0.2, 0) is 0 Å². The lowest BCUT2D eigenvalue weighted by molar-refractivity contribution is 0.0935. The number of benzene rings is 1. The fourth-order valence-corrected chi connectivity index (χ4v) is 1.72. The van der Waals surface area contributed by atoms with Crippen molar-refractivity contribution in [1.29, 1.82) is 0 Å². The fourth-order valence-electron chi connectivity index (χ4n) is 1.72. The van der Waals surface area contributed by atoms with Crippen LogP contribution in [0.1, 0.15) is 16.8 Å². The van der Waals surface area contributed by atoms with Crippen LogP contribution in [0.25, 0.3) is 0 Å². The van der Waals surface area contributed by atoms with Gasteiger partial charge in [0.05, 0.1) is 5.56 Å². The van der Waals surface area contributed by atoms with E-state index in [4.69, 9.17) is 0 Å². The number of carbonyl (C=O) groups excluding carboxylic acids is 1. The van der Waals surface area contributed by atoms with Gasteiger partial charge >= 0.3 is 0 Å². The molecule has 1 aliphatic rings. The number of hydrogen-bond donors (Lipinski definition) is 2. The fraction of sp³-hybridized carbons (Fsp3) is 0.364. The molecule has 1 fully saturated rings. The van der Waals surface area contributed by atoms with Crippen LogP contribution in [0.15, 0.2) is 18.2 Å². The molecule has 0 spiro atoms. The van der Waals surface area contributed by atoms with Gasteiger partial charge in [0.2, 0.25) is 0 Å². The second-order valence-corrected chi connectivity index (χ2v) is 3.76. The standard InChI is InChI=1S/C11H12F2N2O/c12-9-3-1-2-8(10(9)13)11(16)15-7-4-5-14-6-7/h1-3,7,14H,4-6H2,(H,15,16)/t7-/m0/s1. The van der Waals surface area contributed by atoms with Gasteiger partial charge in [-0.1, -0.05) is 6.07 Å². The molecule has 1 heterocycles. The van der Waals surface area contributed by atoms with E-state index in [9.17, 15) is 13.6 Å². The van der Waals surface area contributed by atoms with Crippen molar-refractivity contribution < 1.29 is 13.6 Å². The number of amides is 1. The first-order valence-electron chi connectivity index (χ1n) is 5.14. The van der Waals surface area contributed by atoms with E-state index in [1.807, 2.05) is 0 Å². The molecule has 0 bridgehead atoms. The summed E-state index contributed by atoms with van der Waals surface area (Å²) in [7, 11) is 0. The molecular formula is C11H12F2N2O. The first-order valence-corrected chi connectivity index (χ1v) is 5.14. The first kappa shape index (κ1) is 11.0. The Morgan fingerprint density at radius 3 is 2.94 bits per heavy atom. The summed E-state index contributed by atoms with van der Waals surface area (Å²) >= 11 is 0. The summed E-state index contributed by atoms with van der Waals surface area (Å²) < 4.78 is 26.2. The lowest BCUT2D eigenvalue weighted by Crippen LogP contribution is -2.36. The van der Waals surface area contributed by atoms with E-state index in [2.05, 4.69) is 10.6 Å². The van der Waals surface area contributed by atoms with Gasteiger partial charge in [0.15, 0.2) is 11.6 Å². The molecule has 0 unspecified atom stereocenters. The Labute approximate surface area is 91.8 Å². The summed E-state index contributed by atoms with van der Waals surface area (Å²) in [6, 6.07) is 3.58. The molecule has 1 atom stereocenters. The zero-order valence-corrected chi connectivity index (χ0v) is 8.59. The Balaban J connectivity index is 2.11. The average Bonchev–Trinajstić information content (AvgIpc) is 2.74. The first-order chi connectivity index (χ1) is 7.68. The third kappa shape index (κ3) is 2.19. The highest BCUT2D eigenvalue weighted by molar-refractivity contribution is 5.94. The number of halogens is 2. The molecule has 1 aromatic carbocycles. The minimum absolute atomic E-state index is 0.00447. The number of carbonyl (C=O) groups is 1. The number of rotatable bonds is 2. The third-order valence-electron chi connectivity index (χ3n) is 2.59. The van der Waals surface area contributed by atoms with Crippen molar-refractivity contribution in [2.24, 2.45) is 0 Å². The van der Waals surface area contributed by atoms with Gasteiger partial charge in [-0.25, -0.2) is 8.78 Å². The number of nitrogens with one attached hydrogen (secondary N) is 2. The monoisotopic (exact) mass is 226 g/mol. The highest BCUT2D eigenvalue weighted by Gasteiger charge is 2.20. The molecule has 86 valence electrons. The van der Waals surface area contributed by atoms with E-state index in [0.29, 0.717) is 6.54 Å². The third-order valence-corrected chi connectivity index (χ3v) is 2.59. The maximum Gasteiger partial charge on any atom is 0.254 e. The number of hydrogen-bond acceptors (Lipinski definition) is 2. The maximum absolute atomic E-state index is 13.3. The molecule has 0 radical (unpaired) electrons. The molecule has 2 rings (SSSR count). The van der Waals surface area contributed by atoms with E-state index < -0.39 is 17.5 Å². The van der Waals surface area contributed by atoms with Crippen LogP contribution in [-0.4, -0.2) is 25.0 Å². The Morgan fingerprint density at radius 1 is 1.44 bits per heavy atom. The second kappa shape index (κ2) is 4.57. The lowest BCUT2D eigenvalue weighted by atomic mass is 10.1. The molecule has 1 aliphatic heterocycles. The van der Waals surface area contributed by atoms with Gasteiger partial charge < -0.3 is 10.6 Å². The normalized spacial score (nSPS) is 19.8. The van der Waals surface area contributed by atoms with Crippen molar-refractivity contribution in [3.05, 3.63) is 35.4 Å². The van der Waals surface area contributed by atoms with Gasteiger partial charge in [-0.15, -0.1) is 0 Å². The summed E-state index contributed by atoms with van der Waals surface area (Å²) in [5.41, 5.74) is -0.244. The summed E-state index contributed by atoms with van der Waals surface area (Å²) in [4.78, 5) is 11.6. The SMILES string of the molecule is O=C(N[C@H]1CCNC1)c1cccc(F)c1F. The van der Waals surface area contributed by atoms with E-state index in [1.54, 1.807) is 0 Å². The molecule has 3 nitrogen and oxygen atoms in total. The van der Waals surface area contributed by atoms with E-state index in [1.165, 1.54) is 12.1 Å². The molecule has 0 aromatic heterocycles. The minimum Gasteiger partial charge on any atom is -0.348 e. The van der Waals surface area contributed by atoms with Crippen LogP contribution in [0.4, 0.5) is 8.78 Å². The molecule has 2 N–H and O–H groups in total. The molecule has 1 amide bonds. The maximum atomic E-state index is 13.3. The molecule has 16 heavy (non-hydrogen) atoms. The Kier molecular flexibility index (Phi) is 3.14. The van der Waals surface area contributed by atoms with E-state index in [0.717, 1.165) is 19.0 Å². The lowest BCUT2D eigenvalue weighted by Gasteiger charge is -2.11. The van der Waals surface area contributed by atoms with E-state index >= 15 is 0 Å². The van der Waals surface area contributed by atoms with Gasteiger partial charge in [0, 0.05) is 12.6 Å². The van der Waals surface area contributed by atoms with Crippen LogP contribution in [0.3, 0.4) is 0 Å². The highest BCUT2D eigenvalue weighted by Crippen LogP contribution is 2.11.